The zero-order valence-corrected chi connectivity index (χ0v) is 9.79. The van der Waals surface area contributed by atoms with Crippen LogP contribution in [0.1, 0.15) is 6.92 Å². The summed E-state index contributed by atoms with van der Waals surface area (Å²) < 4.78 is 5.39. The number of anilines is 1. The molecule has 0 bridgehead atoms. The minimum atomic E-state index is 0.717. The van der Waals surface area contributed by atoms with Gasteiger partial charge in [-0.15, -0.1) is 0 Å². The second-order valence-corrected chi connectivity index (χ2v) is 3.45. The molecule has 0 radical (unpaired) electrons. The zero-order chi connectivity index (χ0) is 11.1. The van der Waals surface area contributed by atoms with Crippen molar-refractivity contribution < 1.29 is 4.74 Å². The van der Waals surface area contributed by atoms with Crippen molar-refractivity contribution in [2.45, 2.75) is 6.92 Å². The normalized spacial score (nSPS) is 10.1. The number of likely N-dealkylation sites (N-methyl/N-ethyl adjacent to an activating group) is 2. The van der Waals surface area contributed by atoms with Gasteiger partial charge in [0, 0.05) is 25.8 Å². The lowest BCUT2D eigenvalue weighted by Crippen LogP contribution is -2.26. The van der Waals surface area contributed by atoms with Crippen LogP contribution in [0.2, 0.25) is 0 Å². The maximum Gasteiger partial charge on any atom is 0.119 e. The molecule has 0 atom stereocenters. The molecule has 0 amide bonds. The molecule has 84 valence electrons. The monoisotopic (exact) mass is 208 g/mol. The number of rotatable bonds is 6. The van der Waals surface area contributed by atoms with Crippen LogP contribution in [0.25, 0.3) is 0 Å². The molecule has 1 aromatic carbocycles. The van der Waals surface area contributed by atoms with E-state index in [1.807, 2.05) is 26.1 Å². The largest absolute Gasteiger partial charge is 0.494 e. The van der Waals surface area contributed by atoms with Crippen LogP contribution in [0.5, 0.6) is 5.75 Å². The van der Waals surface area contributed by atoms with Crippen LogP contribution in [0.3, 0.4) is 0 Å². The van der Waals surface area contributed by atoms with Gasteiger partial charge in [-0.05, 0) is 38.2 Å². The number of nitrogens with zero attached hydrogens (tertiary/aromatic N) is 1. The van der Waals surface area contributed by atoms with E-state index >= 15 is 0 Å². The van der Waals surface area contributed by atoms with Gasteiger partial charge in [0.05, 0.1) is 6.61 Å². The first kappa shape index (κ1) is 11.9. The fraction of sp³-hybridized carbons (Fsp3) is 0.500. The van der Waals surface area contributed by atoms with E-state index in [1.165, 1.54) is 5.69 Å². The molecule has 0 saturated carbocycles. The Labute approximate surface area is 92.0 Å². The quantitative estimate of drug-likeness (QED) is 0.770. The molecule has 1 aromatic rings. The van der Waals surface area contributed by atoms with E-state index in [-0.39, 0.29) is 0 Å². The first-order valence-corrected chi connectivity index (χ1v) is 5.36. The van der Waals surface area contributed by atoms with Crippen molar-refractivity contribution in [2.75, 3.05) is 38.7 Å². The molecular weight excluding hydrogens is 188 g/mol. The van der Waals surface area contributed by atoms with Gasteiger partial charge in [-0.1, -0.05) is 0 Å². The van der Waals surface area contributed by atoms with Crippen LogP contribution in [0.15, 0.2) is 24.3 Å². The highest BCUT2D eigenvalue weighted by atomic mass is 16.5. The van der Waals surface area contributed by atoms with Crippen molar-refractivity contribution in [3.05, 3.63) is 24.3 Å². The highest BCUT2D eigenvalue weighted by Crippen LogP contribution is 2.17. The molecule has 0 aliphatic carbocycles. The predicted molar refractivity (Wildman–Crippen MR) is 64.8 cm³/mol. The summed E-state index contributed by atoms with van der Waals surface area (Å²) in [4.78, 5) is 2.21. The highest BCUT2D eigenvalue weighted by Gasteiger charge is 1.99. The van der Waals surface area contributed by atoms with E-state index in [9.17, 15) is 0 Å². The highest BCUT2D eigenvalue weighted by molar-refractivity contribution is 5.48. The third-order valence-electron chi connectivity index (χ3n) is 2.29. The second kappa shape index (κ2) is 6.30. The van der Waals surface area contributed by atoms with Gasteiger partial charge in [-0.2, -0.15) is 0 Å². The molecule has 0 heterocycles. The van der Waals surface area contributed by atoms with E-state index in [0.29, 0.717) is 0 Å². The van der Waals surface area contributed by atoms with E-state index in [0.717, 1.165) is 25.4 Å². The average molecular weight is 208 g/mol. The average Bonchev–Trinajstić information content (AvgIpc) is 2.27. The Hall–Kier alpha value is -1.22. The van der Waals surface area contributed by atoms with Gasteiger partial charge in [0.25, 0.3) is 0 Å². The summed E-state index contributed by atoms with van der Waals surface area (Å²) in [6, 6.07) is 8.19. The Morgan fingerprint density at radius 3 is 2.47 bits per heavy atom. The SMILES string of the molecule is CCOc1ccc(N(C)CCNC)cc1. The minimum Gasteiger partial charge on any atom is -0.494 e. The molecule has 15 heavy (non-hydrogen) atoms. The van der Waals surface area contributed by atoms with Crippen LogP contribution in [0.4, 0.5) is 5.69 Å². The fourth-order valence-corrected chi connectivity index (χ4v) is 1.37. The summed E-state index contributed by atoms with van der Waals surface area (Å²) in [6.07, 6.45) is 0. The lowest BCUT2D eigenvalue weighted by molar-refractivity contribution is 0.340. The third-order valence-corrected chi connectivity index (χ3v) is 2.29. The summed E-state index contributed by atoms with van der Waals surface area (Å²) in [5.41, 5.74) is 1.22. The van der Waals surface area contributed by atoms with Crippen molar-refractivity contribution in [3.63, 3.8) is 0 Å². The first-order chi connectivity index (χ1) is 7.27. The van der Waals surface area contributed by atoms with Crippen LogP contribution in [-0.2, 0) is 0 Å². The number of hydrogen-bond acceptors (Lipinski definition) is 3. The van der Waals surface area contributed by atoms with Gasteiger partial charge in [-0.25, -0.2) is 0 Å². The van der Waals surface area contributed by atoms with Gasteiger partial charge in [0.15, 0.2) is 0 Å². The van der Waals surface area contributed by atoms with Gasteiger partial charge >= 0.3 is 0 Å². The molecule has 3 heteroatoms. The van der Waals surface area contributed by atoms with E-state index in [4.69, 9.17) is 4.74 Å². The van der Waals surface area contributed by atoms with Crippen LogP contribution in [-0.4, -0.2) is 33.8 Å². The molecule has 0 aliphatic rings. The molecule has 1 rings (SSSR count). The van der Waals surface area contributed by atoms with Crippen molar-refractivity contribution in [3.8, 4) is 5.75 Å². The summed E-state index contributed by atoms with van der Waals surface area (Å²) in [5.74, 6) is 0.934. The van der Waals surface area contributed by atoms with Gasteiger partial charge in [0.1, 0.15) is 5.75 Å². The number of nitrogens with one attached hydrogen (secondary N) is 1. The topological polar surface area (TPSA) is 24.5 Å². The Morgan fingerprint density at radius 2 is 1.93 bits per heavy atom. The third kappa shape index (κ3) is 3.80. The lowest BCUT2D eigenvalue weighted by atomic mass is 10.3. The Bertz CT molecular complexity index is 271. The Kier molecular flexibility index (Phi) is 4.98. The number of benzene rings is 1. The summed E-state index contributed by atoms with van der Waals surface area (Å²) in [7, 11) is 4.05. The Morgan fingerprint density at radius 1 is 1.27 bits per heavy atom. The van der Waals surface area contributed by atoms with Gasteiger partial charge < -0.3 is 15.0 Å². The maximum atomic E-state index is 5.39. The van der Waals surface area contributed by atoms with Crippen molar-refractivity contribution in [1.82, 2.24) is 5.32 Å². The van der Waals surface area contributed by atoms with Crippen molar-refractivity contribution in [2.24, 2.45) is 0 Å². The van der Waals surface area contributed by atoms with Crippen LogP contribution < -0.4 is 15.0 Å². The van der Waals surface area contributed by atoms with E-state index in [1.54, 1.807) is 0 Å². The molecule has 0 aliphatic heterocycles. The Balaban J connectivity index is 2.54. The molecule has 0 fully saturated rings. The van der Waals surface area contributed by atoms with Gasteiger partial charge in [-0.3, -0.25) is 0 Å². The van der Waals surface area contributed by atoms with Gasteiger partial charge in [0.2, 0.25) is 0 Å². The summed E-state index contributed by atoms with van der Waals surface area (Å²) in [5, 5.41) is 3.13. The molecule has 0 unspecified atom stereocenters. The standard InChI is InChI=1S/C12H20N2O/c1-4-15-12-7-5-11(6-8-12)14(3)10-9-13-2/h5-8,13H,4,9-10H2,1-3H3. The zero-order valence-electron chi connectivity index (χ0n) is 9.79. The van der Waals surface area contributed by atoms with Crippen LogP contribution in [0, 0.1) is 0 Å². The van der Waals surface area contributed by atoms with Crippen molar-refractivity contribution >= 4 is 5.69 Å². The predicted octanol–water partition coefficient (Wildman–Crippen LogP) is 1.74. The van der Waals surface area contributed by atoms with E-state index < -0.39 is 0 Å². The van der Waals surface area contributed by atoms with Crippen molar-refractivity contribution in [1.29, 1.82) is 0 Å². The molecule has 0 saturated heterocycles. The van der Waals surface area contributed by atoms with E-state index in [2.05, 4.69) is 29.4 Å². The second-order valence-electron chi connectivity index (χ2n) is 3.45. The fourth-order valence-electron chi connectivity index (χ4n) is 1.37. The number of hydrogen-bond donors (Lipinski definition) is 1. The number of ether oxygens (including phenoxy) is 1. The molecular formula is C12H20N2O. The first-order valence-electron chi connectivity index (χ1n) is 5.36. The summed E-state index contributed by atoms with van der Waals surface area (Å²) in [6.45, 7) is 4.70. The molecule has 1 N–H and O–H groups in total. The maximum absolute atomic E-state index is 5.39. The molecule has 0 spiro atoms. The molecule has 0 aromatic heterocycles. The smallest absolute Gasteiger partial charge is 0.119 e. The molecule has 3 nitrogen and oxygen atoms in total. The minimum absolute atomic E-state index is 0.717. The van der Waals surface area contributed by atoms with Crippen LogP contribution >= 0.6 is 0 Å². The lowest BCUT2D eigenvalue weighted by Gasteiger charge is -2.19. The summed E-state index contributed by atoms with van der Waals surface area (Å²) >= 11 is 0.